The van der Waals surface area contributed by atoms with Crippen molar-refractivity contribution in [2.24, 2.45) is 0 Å². The monoisotopic (exact) mass is 275 g/mol. The quantitative estimate of drug-likeness (QED) is 0.698. The predicted molar refractivity (Wildman–Crippen MR) is 85.4 cm³/mol. The fourth-order valence-electron chi connectivity index (χ4n) is 3.24. The zero-order valence-corrected chi connectivity index (χ0v) is 13.1. The van der Waals surface area contributed by atoms with Gasteiger partial charge in [0, 0.05) is 11.6 Å². The number of fused-ring (bicyclic) bond motifs is 1. The maximum atomic E-state index is 5.50. The van der Waals surface area contributed by atoms with Crippen LogP contribution in [-0.2, 0) is 6.42 Å². The maximum Gasteiger partial charge on any atom is 0.122 e. The van der Waals surface area contributed by atoms with Crippen LogP contribution >= 0.6 is 0 Å². The van der Waals surface area contributed by atoms with E-state index in [0.717, 1.165) is 18.7 Å². The Kier molecular flexibility index (Phi) is 6.38. The third-order valence-electron chi connectivity index (χ3n) is 4.38. The summed E-state index contributed by atoms with van der Waals surface area (Å²) < 4.78 is 5.50. The summed E-state index contributed by atoms with van der Waals surface area (Å²) in [6.07, 6.45) is 10.6. The minimum absolute atomic E-state index is 0.528. The molecule has 112 valence electrons. The molecular weight excluding hydrogens is 246 g/mol. The second kappa shape index (κ2) is 8.31. The number of nitrogens with one attached hydrogen (secondary N) is 1. The Morgan fingerprint density at radius 2 is 1.95 bits per heavy atom. The number of ether oxygens (including phenoxy) is 1. The van der Waals surface area contributed by atoms with E-state index in [1.165, 1.54) is 56.1 Å². The Balaban J connectivity index is 1.86. The molecule has 0 saturated heterocycles. The fourth-order valence-corrected chi connectivity index (χ4v) is 3.24. The van der Waals surface area contributed by atoms with E-state index < -0.39 is 0 Å². The number of rotatable bonds is 8. The lowest BCUT2D eigenvalue weighted by Gasteiger charge is -2.28. The van der Waals surface area contributed by atoms with Gasteiger partial charge in [0.1, 0.15) is 5.75 Å². The second-order valence-electron chi connectivity index (χ2n) is 5.84. The molecule has 0 fully saturated rings. The van der Waals surface area contributed by atoms with E-state index in [2.05, 4.69) is 30.4 Å². The van der Waals surface area contributed by atoms with E-state index in [-0.39, 0.29) is 0 Å². The molecule has 0 radical (unpaired) electrons. The highest BCUT2D eigenvalue weighted by Crippen LogP contribution is 2.32. The van der Waals surface area contributed by atoms with Crippen LogP contribution in [0, 0.1) is 0 Å². The van der Waals surface area contributed by atoms with Crippen LogP contribution in [-0.4, -0.2) is 13.7 Å². The van der Waals surface area contributed by atoms with Crippen molar-refractivity contribution in [2.45, 2.75) is 64.3 Å². The van der Waals surface area contributed by atoms with Gasteiger partial charge in [-0.2, -0.15) is 0 Å². The van der Waals surface area contributed by atoms with Crippen molar-refractivity contribution in [1.29, 1.82) is 0 Å². The summed E-state index contributed by atoms with van der Waals surface area (Å²) in [4.78, 5) is 0. The molecule has 0 aliphatic carbocycles. The van der Waals surface area contributed by atoms with Gasteiger partial charge in [0.2, 0.25) is 0 Å². The van der Waals surface area contributed by atoms with Crippen molar-refractivity contribution in [1.82, 2.24) is 5.32 Å². The fraction of sp³-hybridized carbons (Fsp3) is 0.667. The molecule has 2 rings (SSSR count). The van der Waals surface area contributed by atoms with Crippen molar-refractivity contribution in [3.05, 3.63) is 29.3 Å². The molecule has 1 heterocycles. The standard InChI is InChI=1S/C18H29NO/c1-3-4-5-6-7-8-11-17-15-10-9-12-18(20-2)16(15)13-14-19-17/h9-10,12,17,19H,3-8,11,13-14H2,1-2H3. The summed E-state index contributed by atoms with van der Waals surface area (Å²) in [5.74, 6) is 1.07. The molecule has 0 amide bonds. The Labute approximate surface area is 123 Å². The van der Waals surface area contributed by atoms with Gasteiger partial charge in [-0.15, -0.1) is 0 Å². The van der Waals surface area contributed by atoms with E-state index >= 15 is 0 Å². The van der Waals surface area contributed by atoms with Gasteiger partial charge in [0.25, 0.3) is 0 Å². The van der Waals surface area contributed by atoms with Crippen LogP contribution < -0.4 is 10.1 Å². The normalized spacial score (nSPS) is 17.8. The largest absolute Gasteiger partial charge is 0.496 e. The average molecular weight is 275 g/mol. The maximum absolute atomic E-state index is 5.50. The molecule has 0 aromatic heterocycles. The first-order chi connectivity index (χ1) is 9.86. The highest BCUT2D eigenvalue weighted by atomic mass is 16.5. The van der Waals surface area contributed by atoms with Gasteiger partial charge in [-0.25, -0.2) is 0 Å². The second-order valence-corrected chi connectivity index (χ2v) is 5.84. The summed E-state index contributed by atoms with van der Waals surface area (Å²) >= 11 is 0. The third kappa shape index (κ3) is 3.99. The average Bonchev–Trinajstić information content (AvgIpc) is 2.50. The number of benzene rings is 1. The summed E-state index contributed by atoms with van der Waals surface area (Å²) in [6, 6.07) is 7.01. The first-order valence-electron chi connectivity index (χ1n) is 8.26. The molecule has 1 atom stereocenters. The van der Waals surface area contributed by atoms with Gasteiger partial charge < -0.3 is 10.1 Å². The molecule has 1 aromatic carbocycles. The molecule has 20 heavy (non-hydrogen) atoms. The zero-order chi connectivity index (χ0) is 14.2. The molecule has 2 nitrogen and oxygen atoms in total. The molecule has 1 aliphatic rings. The highest BCUT2D eigenvalue weighted by Gasteiger charge is 2.21. The van der Waals surface area contributed by atoms with Gasteiger partial charge in [0.15, 0.2) is 0 Å². The van der Waals surface area contributed by atoms with Crippen LogP contribution in [0.4, 0.5) is 0 Å². The SMILES string of the molecule is CCCCCCCCC1NCCc2c(OC)cccc21. The van der Waals surface area contributed by atoms with Crippen molar-refractivity contribution < 1.29 is 4.74 Å². The summed E-state index contributed by atoms with van der Waals surface area (Å²) in [6.45, 7) is 3.35. The minimum atomic E-state index is 0.528. The predicted octanol–water partition coefficient (Wildman–Crippen LogP) is 4.63. The third-order valence-corrected chi connectivity index (χ3v) is 4.38. The molecule has 0 spiro atoms. The van der Waals surface area contributed by atoms with Crippen LogP contribution in [0.2, 0.25) is 0 Å². The number of methoxy groups -OCH3 is 1. The van der Waals surface area contributed by atoms with Crippen molar-refractivity contribution in [2.75, 3.05) is 13.7 Å². The first-order valence-corrected chi connectivity index (χ1v) is 8.26. The molecule has 1 aromatic rings. The molecule has 1 unspecified atom stereocenters. The van der Waals surface area contributed by atoms with Gasteiger partial charge >= 0.3 is 0 Å². The molecule has 0 saturated carbocycles. The number of unbranched alkanes of at least 4 members (excludes halogenated alkanes) is 5. The number of hydrogen-bond donors (Lipinski definition) is 1. The Morgan fingerprint density at radius 3 is 2.75 bits per heavy atom. The van der Waals surface area contributed by atoms with Gasteiger partial charge in [-0.3, -0.25) is 0 Å². The van der Waals surface area contributed by atoms with Crippen molar-refractivity contribution in [3.63, 3.8) is 0 Å². The Morgan fingerprint density at radius 1 is 1.15 bits per heavy atom. The summed E-state index contributed by atoms with van der Waals surface area (Å²) in [7, 11) is 1.78. The van der Waals surface area contributed by atoms with E-state index in [1.54, 1.807) is 7.11 Å². The minimum Gasteiger partial charge on any atom is -0.496 e. The summed E-state index contributed by atoms with van der Waals surface area (Å²) in [5, 5.41) is 3.67. The van der Waals surface area contributed by atoms with Crippen molar-refractivity contribution >= 4 is 0 Å². The van der Waals surface area contributed by atoms with Gasteiger partial charge in [0.05, 0.1) is 7.11 Å². The van der Waals surface area contributed by atoms with Crippen LogP contribution in [0.3, 0.4) is 0 Å². The lowest BCUT2D eigenvalue weighted by molar-refractivity contribution is 0.395. The molecular formula is C18H29NO. The topological polar surface area (TPSA) is 21.3 Å². The molecule has 0 bridgehead atoms. The van der Waals surface area contributed by atoms with Gasteiger partial charge in [-0.1, -0.05) is 57.6 Å². The highest BCUT2D eigenvalue weighted by molar-refractivity contribution is 5.43. The van der Waals surface area contributed by atoms with E-state index in [0.29, 0.717) is 6.04 Å². The smallest absolute Gasteiger partial charge is 0.122 e. The van der Waals surface area contributed by atoms with Crippen molar-refractivity contribution in [3.8, 4) is 5.75 Å². The lowest BCUT2D eigenvalue weighted by atomic mass is 9.90. The molecule has 1 aliphatic heterocycles. The lowest BCUT2D eigenvalue weighted by Crippen LogP contribution is -2.30. The van der Waals surface area contributed by atoms with E-state index in [9.17, 15) is 0 Å². The molecule has 1 N–H and O–H groups in total. The molecule has 2 heteroatoms. The van der Waals surface area contributed by atoms with E-state index in [1.807, 2.05) is 0 Å². The van der Waals surface area contributed by atoms with Crippen LogP contribution in [0.5, 0.6) is 5.75 Å². The van der Waals surface area contributed by atoms with E-state index in [4.69, 9.17) is 4.74 Å². The van der Waals surface area contributed by atoms with Gasteiger partial charge in [-0.05, 0) is 31.0 Å². The zero-order valence-electron chi connectivity index (χ0n) is 13.1. The summed E-state index contributed by atoms with van der Waals surface area (Å²) in [5.41, 5.74) is 2.88. The van der Waals surface area contributed by atoms with Crippen LogP contribution in [0.25, 0.3) is 0 Å². The first kappa shape index (κ1) is 15.4. The van der Waals surface area contributed by atoms with Crippen LogP contribution in [0.15, 0.2) is 18.2 Å². The Hall–Kier alpha value is -1.02. The Bertz CT molecular complexity index is 402. The van der Waals surface area contributed by atoms with Crippen LogP contribution in [0.1, 0.15) is 69.0 Å². The number of hydrogen-bond acceptors (Lipinski definition) is 2.